The number of carbonyl (C=O) groups excluding carboxylic acids is 2. The molecular formula is C12H19N3O5. The number of nitrogens with one attached hydrogen (secondary N) is 2. The second-order valence-electron chi connectivity index (χ2n) is 5.09. The minimum Gasteiger partial charge on any atom is -0.480 e. The number of hydrogen-bond donors (Lipinski definition) is 4. The molecule has 0 aromatic rings. The van der Waals surface area contributed by atoms with E-state index in [-0.39, 0.29) is 11.9 Å². The summed E-state index contributed by atoms with van der Waals surface area (Å²) in [6.07, 6.45) is 0.996. The van der Waals surface area contributed by atoms with Crippen molar-refractivity contribution in [3.8, 4) is 0 Å². The van der Waals surface area contributed by atoms with E-state index < -0.39 is 30.6 Å². The first kappa shape index (κ1) is 14.7. The van der Waals surface area contributed by atoms with Crippen LogP contribution in [0.3, 0.4) is 0 Å². The van der Waals surface area contributed by atoms with Gasteiger partial charge in [0.1, 0.15) is 12.6 Å². The maximum absolute atomic E-state index is 12.3. The molecule has 4 N–H and O–H groups in total. The third-order valence-corrected chi connectivity index (χ3v) is 3.69. The number of aliphatic hydroxyl groups excluding tert-OH is 1. The van der Waals surface area contributed by atoms with Gasteiger partial charge in [-0.05, 0) is 25.8 Å². The van der Waals surface area contributed by atoms with Crippen molar-refractivity contribution in [3.63, 3.8) is 0 Å². The highest BCUT2D eigenvalue weighted by Gasteiger charge is 2.43. The monoisotopic (exact) mass is 285 g/mol. The number of hydrogen-bond acceptors (Lipinski definition) is 5. The first-order valence-corrected chi connectivity index (χ1v) is 6.72. The lowest BCUT2D eigenvalue weighted by Gasteiger charge is -2.27. The fourth-order valence-corrected chi connectivity index (χ4v) is 2.70. The average Bonchev–Trinajstić information content (AvgIpc) is 3.04. The van der Waals surface area contributed by atoms with E-state index in [0.717, 1.165) is 19.4 Å². The maximum atomic E-state index is 12.3. The Morgan fingerprint density at radius 2 is 2.05 bits per heavy atom. The molecule has 0 aromatic carbocycles. The Hall–Kier alpha value is -1.67. The molecule has 112 valence electrons. The van der Waals surface area contributed by atoms with E-state index in [1.807, 2.05) is 0 Å². The third-order valence-electron chi connectivity index (χ3n) is 3.69. The van der Waals surface area contributed by atoms with Gasteiger partial charge >= 0.3 is 5.97 Å². The average molecular weight is 285 g/mol. The number of carboxylic acid groups (broad SMARTS) is 1. The summed E-state index contributed by atoms with van der Waals surface area (Å²) in [6, 6.07) is -1.31. The van der Waals surface area contributed by atoms with E-state index in [4.69, 9.17) is 5.11 Å². The molecule has 2 amide bonds. The van der Waals surface area contributed by atoms with Gasteiger partial charge in [0.15, 0.2) is 0 Å². The van der Waals surface area contributed by atoms with E-state index in [9.17, 15) is 19.5 Å². The highest BCUT2D eigenvalue weighted by Crippen LogP contribution is 2.21. The number of aliphatic carboxylic acids is 1. The molecule has 20 heavy (non-hydrogen) atoms. The van der Waals surface area contributed by atoms with Crippen molar-refractivity contribution >= 4 is 17.8 Å². The zero-order valence-electron chi connectivity index (χ0n) is 11.0. The maximum Gasteiger partial charge on any atom is 0.322 e. The summed E-state index contributed by atoms with van der Waals surface area (Å²) in [4.78, 5) is 36.1. The predicted molar refractivity (Wildman–Crippen MR) is 67.8 cm³/mol. The first-order valence-electron chi connectivity index (χ1n) is 6.72. The fourth-order valence-electron chi connectivity index (χ4n) is 2.70. The number of carboxylic acids is 1. The Kier molecular flexibility index (Phi) is 4.56. The molecule has 1 unspecified atom stereocenters. The van der Waals surface area contributed by atoms with Crippen molar-refractivity contribution in [1.29, 1.82) is 0 Å². The molecule has 2 saturated heterocycles. The van der Waals surface area contributed by atoms with Crippen LogP contribution < -0.4 is 10.6 Å². The van der Waals surface area contributed by atoms with Gasteiger partial charge < -0.3 is 25.7 Å². The van der Waals surface area contributed by atoms with Gasteiger partial charge in [0.2, 0.25) is 11.8 Å². The summed E-state index contributed by atoms with van der Waals surface area (Å²) >= 11 is 0. The van der Waals surface area contributed by atoms with Gasteiger partial charge in [-0.15, -0.1) is 0 Å². The van der Waals surface area contributed by atoms with Crippen molar-refractivity contribution < 1.29 is 24.6 Å². The third kappa shape index (κ3) is 3.07. The van der Waals surface area contributed by atoms with Crippen LogP contribution in [0, 0.1) is 0 Å². The van der Waals surface area contributed by atoms with Gasteiger partial charge in [-0.25, -0.2) is 0 Å². The second kappa shape index (κ2) is 6.19. The number of carbonyl (C=O) groups is 3. The minimum absolute atomic E-state index is 0.200. The van der Waals surface area contributed by atoms with E-state index in [0.29, 0.717) is 13.0 Å². The van der Waals surface area contributed by atoms with Crippen LogP contribution >= 0.6 is 0 Å². The van der Waals surface area contributed by atoms with E-state index >= 15 is 0 Å². The number of likely N-dealkylation sites (tertiary alicyclic amines) is 1. The van der Waals surface area contributed by atoms with E-state index in [2.05, 4.69) is 10.6 Å². The lowest BCUT2D eigenvalue weighted by molar-refractivity contribution is -0.143. The van der Waals surface area contributed by atoms with Crippen LogP contribution in [0.15, 0.2) is 0 Å². The van der Waals surface area contributed by atoms with E-state index in [1.165, 1.54) is 4.90 Å². The lowest BCUT2D eigenvalue weighted by atomic mass is 10.1. The largest absolute Gasteiger partial charge is 0.480 e. The number of amides is 2. The van der Waals surface area contributed by atoms with Crippen LogP contribution in [-0.2, 0) is 14.4 Å². The molecule has 0 spiro atoms. The zero-order valence-corrected chi connectivity index (χ0v) is 11.0. The molecule has 8 nitrogen and oxygen atoms in total. The molecule has 2 fully saturated rings. The Bertz CT molecular complexity index is 408. The van der Waals surface area contributed by atoms with Gasteiger partial charge in [-0.3, -0.25) is 14.4 Å². The second-order valence-corrected chi connectivity index (χ2v) is 5.09. The zero-order chi connectivity index (χ0) is 14.7. The molecule has 2 heterocycles. The molecule has 2 aliphatic heterocycles. The van der Waals surface area contributed by atoms with Crippen LogP contribution in [0.2, 0.25) is 0 Å². The topological polar surface area (TPSA) is 119 Å². The Morgan fingerprint density at radius 3 is 2.65 bits per heavy atom. The van der Waals surface area contributed by atoms with Crippen molar-refractivity contribution in [2.24, 2.45) is 0 Å². The number of rotatable bonds is 4. The van der Waals surface area contributed by atoms with Crippen molar-refractivity contribution in [3.05, 3.63) is 0 Å². The molecular weight excluding hydrogens is 266 g/mol. The molecule has 0 aromatic heterocycles. The highest BCUT2D eigenvalue weighted by atomic mass is 16.4. The van der Waals surface area contributed by atoms with Crippen molar-refractivity contribution in [2.75, 3.05) is 19.6 Å². The van der Waals surface area contributed by atoms with Crippen molar-refractivity contribution in [2.45, 2.75) is 37.5 Å². The molecule has 0 saturated carbocycles. The molecule has 0 radical (unpaired) electrons. The summed E-state index contributed by atoms with van der Waals surface area (Å²) in [5, 5.41) is 23.7. The Morgan fingerprint density at radius 1 is 1.30 bits per heavy atom. The molecule has 3 atom stereocenters. The standard InChI is InChI=1S/C12H19N3O5/c16-8-3-5-15(12(20)7-2-1-4-13-7)10(8)11(19)14-6-9(17)18/h7-8,10,13,16H,1-6H2,(H,14,19)(H,17,18)/t7-,8?,10-/m0/s1. The molecule has 2 rings (SSSR count). The minimum atomic E-state index is -1.17. The Labute approximate surface area is 116 Å². The summed E-state index contributed by atoms with van der Waals surface area (Å²) in [5.41, 5.74) is 0. The summed E-state index contributed by atoms with van der Waals surface area (Å²) in [5.74, 6) is -1.99. The quantitative estimate of drug-likeness (QED) is 0.470. The van der Waals surface area contributed by atoms with Crippen molar-refractivity contribution in [1.82, 2.24) is 15.5 Å². The van der Waals surface area contributed by atoms with Crippen LogP contribution in [0.5, 0.6) is 0 Å². The smallest absolute Gasteiger partial charge is 0.322 e. The van der Waals surface area contributed by atoms with Gasteiger partial charge in [0.25, 0.3) is 0 Å². The molecule has 2 aliphatic rings. The summed E-state index contributed by atoms with van der Waals surface area (Å²) < 4.78 is 0. The lowest BCUT2D eigenvalue weighted by Crippen LogP contribution is -2.54. The predicted octanol–water partition coefficient (Wildman–Crippen LogP) is -2.10. The number of aliphatic hydroxyl groups is 1. The van der Waals surface area contributed by atoms with Crippen LogP contribution in [-0.4, -0.2) is 70.7 Å². The SMILES string of the molecule is O=C(O)CNC(=O)[C@@H]1C(O)CCN1C(=O)[C@@H]1CCCN1. The van der Waals surface area contributed by atoms with Crippen LogP contribution in [0.25, 0.3) is 0 Å². The van der Waals surface area contributed by atoms with Crippen LogP contribution in [0.1, 0.15) is 19.3 Å². The summed E-state index contributed by atoms with van der Waals surface area (Å²) in [6.45, 7) is 0.553. The normalized spacial score (nSPS) is 29.4. The highest BCUT2D eigenvalue weighted by molar-refractivity contribution is 5.92. The molecule has 0 bridgehead atoms. The molecule has 8 heteroatoms. The molecule has 0 aliphatic carbocycles. The van der Waals surface area contributed by atoms with Gasteiger partial charge in [0.05, 0.1) is 12.1 Å². The number of nitrogens with zero attached hydrogens (tertiary/aromatic N) is 1. The van der Waals surface area contributed by atoms with Gasteiger partial charge in [-0.2, -0.15) is 0 Å². The summed E-state index contributed by atoms with van der Waals surface area (Å²) in [7, 11) is 0. The Balaban J connectivity index is 2.01. The van der Waals surface area contributed by atoms with Crippen LogP contribution in [0.4, 0.5) is 0 Å². The van der Waals surface area contributed by atoms with Gasteiger partial charge in [0, 0.05) is 6.54 Å². The first-order chi connectivity index (χ1) is 9.50. The fraction of sp³-hybridized carbons (Fsp3) is 0.750. The van der Waals surface area contributed by atoms with E-state index in [1.54, 1.807) is 0 Å². The van der Waals surface area contributed by atoms with Gasteiger partial charge in [-0.1, -0.05) is 0 Å².